The Morgan fingerprint density at radius 3 is 2.60 bits per heavy atom. The third-order valence-electron chi connectivity index (χ3n) is 3.74. The average molecular weight is 281 g/mol. The zero-order chi connectivity index (χ0) is 14.5. The van der Waals surface area contributed by atoms with E-state index in [1.165, 1.54) is 20.3 Å². The summed E-state index contributed by atoms with van der Waals surface area (Å²) in [6, 6.07) is 5.02. The monoisotopic (exact) mass is 281 g/mol. The fraction of sp³-hybridized carbons (Fsp3) is 0.533. The number of esters is 1. The second-order valence-electron chi connectivity index (χ2n) is 5.04. The maximum Gasteiger partial charge on any atom is 0.308 e. The van der Waals surface area contributed by atoms with Crippen molar-refractivity contribution >= 4 is 5.97 Å². The molecule has 5 heteroatoms. The number of benzene rings is 1. The van der Waals surface area contributed by atoms with Gasteiger partial charge in [-0.15, -0.1) is 0 Å². The molecule has 1 aliphatic rings. The van der Waals surface area contributed by atoms with Crippen LogP contribution in [0.25, 0.3) is 0 Å². The maximum atomic E-state index is 13.6. The highest BCUT2D eigenvalue weighted by atomic mass is 19.1. The molecule has 0 unspecified atom stereocenters. The number of carbonyl (C=O) groups is 1. The van der Waals surface area contributed by atoms with Crippen molar-refractivity contribution in [1.29, 1.82) is 0 Å². The summed E-state index contributed by atoms with van der Waals surface area (Å²) in [5.41, 5.74) is 0.916. The van der Waals surface area contributed by atoms with Gasteiger partial charge in [-0.25, -0.2) is 4.39 Å². The Labute approximate surface area is 118 Å². The van der Waals surface area contributed by atoms with Crippen LogP contribution in [0.2, 0.25) is 0 Å². The predicted octanol–water partition coefficient (Wildman–Crippen LogP) is 2.22. The molecule has 0 amide bonds. The van der Waals surface area contributed by atoms with Gasteiger partial charge in [0, 0.05) is 6.54 Å². The molecule has 0 radical (unpaired) electrons. The molecule has 110 valence electrons. The molecule has 20 heavy (non-hydrogen) atoms. The Bertz CT molecular complexity index is 470. The molecular formula is C15H20FNO3. The Balaban J connectivity index is 1.89. The number of nitrogens with zero attached hydrogens (tertiary/aromatic N) is 1. The highest BCUT2D eigenvalue weighted by molar-refractivity contribution is 5.72. The van der Waals surface area contributed by atoms with Crippen LogP contribution in [0.3, 0.4) is 0 Å². The van der Waals surface area contributed by atoms with Gasteiger partial charge < -0.3 is 9.47 Å². The third-order valence-corrected chi connectivity index (χ3v) is 3.74. The minimum absolute atomic E-state index is 0.00357. The number of hydrogen-bond donors (Lipinski definition) is 0. The predicted molar refractivity (Wildman–Crippen MR) is 73.0 cm³/mol. The van der Waals surface area contributed by atoms with E-state index in [1.807, 2.05) is 6.07 Å². The molecule has 0 aromatic heterocycles. The van der Waals surface area contributed by atoms with Crippen molar-refractivity contribution in [3.05, 3.63) is 29.6 Å². The fourth-order valence-corrected chi connectivity index (χ4v) is 2.56. The Hall–Kier alpha value is -1.62. The van der Waals surface area contributed by atoms with E-state index in [0.717, 1.165) is 31.5 Å². The van der Waals surface area contributed by atoms with Crippen molar-refractivity contribution in [2.45, 2.75) is 19.4 Å². The number of ether oxygens (including phenoxy) is 2. The lowest BCUT2D eigenvalue weighted by Crippen LogP contribution is -2.36. The zero-order valence-corrected chi connectivity index (χ0v) is 11.9. The van der Waals surface area contributed by atoms with Gasteiger partial charge >= 0.3 is 5.97 Å². The highest BCUT2D eigenvalue weighted by Crippen LogP contribution is 2.22. The van der Waals surface area contributed by atoms with Crippen LogP contribution < -0.4 is 4.74 Å². The van der Waals surface area contributed by atoms with Crippen LogP contribution in [-0.2, 0) is 16.1 Å². The number of methoxy groups -OCH3 is 2. The van der Waals surface area contributed by atoms with E-state index < -0.39 is 0 Å². The van der Waals surface area contributed by atoms with Crippen molar-refractivity contribution in [1.82, 2.24) is 4.90 Å². The van der Waals surface area contributed by atoms with Gasteiger partial charge in [0.05, 0.1) is 20.1 Å². The average Bonchev–Trinajstić information content (AvgIpc) is 2.47. The number of rotatable bonds is 4. The molecule has 1 saturated heterocycles. The molecule has 1 aromatic rings. The first-order valence-electron chi connectivity index (χ1n) is 6.76. The van der Waals surface area contributed by atoms with Crippen molar-refractivity contribution in [3.8, 4) is 5.75 Å². The molecular weight excluding hydrogens is 261 g/mol. The van der Waals surface area contributed by atoms with Crippen LogP contribution in [0.4, 0.5) is 4.39 Å². The summed E-state index contributed by atoms with van der Waals surface area (Å²) >= 11 is 0. The van der Waals surface area contributed by atoms with E-state index >= 15 is 0 Å². The van der Waals surface area contributed by atoms with Gasteiger partial charge in [-0.3, -0.25) is 9.69 Å². The lowest BCUT2D eigenvalue weighted by Gasteiger charge is -2.30. The van der Waals surface area contributed by atoms with Crippen LogP contribution in [0.15, 0.2) is 18.2 Å². The van der Waals surface area contributed by atoms with Crippen LogP contribution in [-0.4, -0.2) is 38.2 Å². The standard InChI is InChI=1S/C15H20FNO3/c1-19-14-4-3-11(9-13(14)16)10-17-7-5-12(6-8-17)15(18)20-2/h3-4,9,12H,5-8,10H2,1-2H3. The molecule has 1 heterocycles. The number of piperidine rings is 1. The second kappa shape index (κ2) is 6.70. The molecule has 1 fully saturated rings. The first-order valence-corrected chi connectivity index (χ1v) is 6.76. The van der Waals surface area contributed by atoms with Crippen LogP contribution in [0, 0.1) is 11.7 Å². The molecule has 0 N–H and O–H groups in total. The number of hydrogen-bond acceptors (Lipinski definition) is 4. The Morgan fingerprint density at radius 2 is 2.05 bits per heavy atom. The highest BCUT2D eigenvalue weighted by Gasteiger charge is 2.25. The molecule has 0 atom stereocenters. The van der Waals surface area contributed by atoms with E-state index in [2.05, 4.69) is 4.90 Å². The van der Waals surface area contributed by atoms with Gasteiger partial charge in [0.15, 0.2) is 11.6 Å². The molecule has 0 saturated carbocycles. The van der Waals surface area contributed by atoms with Crippen molar-refractivity contribution in [3.63, 3.8) is 0 Å². The lowest BCUT2D eigenvalue weighted by atomic mass is 9.96. The molecule has 1 aliphatic heterocycles. The quantitative estimate of drug-likeness (QED) is 0.793. The minimum Gasteiger partial charge on any atom is -0.494 e. The normalized spacial score (nSPS) is 16.9. The van der Waals surface area contributed by atoms with Gasteiger partial charge in [-0.2, -0.15) is 0 Å². The summed E-state index contributed by atoms with van der Waals surface area (Å²) in [4.78, 5) is 13.7. The second-order valence-corrected chi connectivity index (χ2v) is 5.04. The minimum atomic E-state index is -0.338. The Morgan fingerprint density at radius 1 is 1.35 bits per heavy atom. The summed E-state index contributed by atoms with van der Waals surface area (Å²) in [7, 11) is 2.88. The van der Waals surface area contributed by atoms with Crippen molar-refractivity contribution < 1.29 is 18.7 Å². The van der Waals surface area contributed by atoms with E-state index in [0.29, 0.717) is 6.54 Å². The van der Waals surface area contributed by atoms with Gasteiger partial charge in [-0.05, 0) is 43.6 Å². The van der Waals surface area contributed by atoms with Gasteiger partial charge in [0.2, 0.25) is 0 Å². The SMILES string of the molecule is COC(=O)C1CCN(Cc2ccc(OC)c(F)c2)CC1. The molecule has 0 bridgehead atoms. The summed E-state index contributed by atoms with van der Waals surface area (Å²) in [5.74, 6) is -0.198. The van der Waals surface area contributed by atoms with E-state index in [4.69, 9.17) is 9.47 Å². The number of carbonyl (C=O) groups excluding carboxylic acids is 1. The van der Waals surface area contributed by atoms with Gasteiger partial charge in [-0.1, -0.05) is 6.07 Å². The molecule has 2 rings (SSSR count). The van der Waals surface area contributed by atoms with E-state index in [-0.39, 0.29) is 23.5 Å². The zero-order valence-electron chi connectivity index (χ0n) is 11.9. The third kappa shape index (κ3) is 3.48. The number of likely N-dealkylation sites (tertiary alicyclic amines) is 1. The van der Waals surface area contributed by atoms with Crippen LogP contribution in [0.5, 0.6) is 5.75 Å². The van der Waals surface area contributed by atoms with E-state index in [1.54, 1.807) is 6.07 Å². The topological polar surface area (TPSA) is 38.8 Å². The largest absolute Gasteiger partial charge is 0.494 e. The van der Waals surface area contributed by atoms with Gasteiger partial charge in [0.25, 0.3) is 0 Å². The first-order chi connectivity index (χ1) is 9.63. The molecule has 4 nitrogen and oxygen atoms in total. The van der Waals surface area contributed by atoms with Gasteiger partial charge in [0.1, 0.15) is 0 Å². The lowest BCUT2D eigenvalue weighted by molar-refractivity contribution is -0.147. The summed E-state index contributed by atoms with van der Waals surface area (Å²) in [6.07, 6.45) is 1.59. The van der Waals surface area contributed by atoms with Crippen molar-refractivity contribution in [2.24, 2.45) is 5.92 Å². The van der Waals surface area contributed by atoms with Crippen molar-refractivity contribution in [2.75, 3.05) is 27.3 Å². The summed E-state index contributed by atoms with van der Waals surface area (Å²) in [5, 5.41) is 0. The summed E-state index contributed by atoms with van der Waals surface area (Å²) in [6.45, 7) is 2.34. The van der Waals surface area contributed by atoms with Crippen LogP contribution in [0.1, 0.15) is 18.4 Å². The van der Waals surface area contributed by atoms with Crippen LogP contribution >= 0.6 is 0 Å². The van der Waals surface area contributed by atoms with E-state index in [9.17, 15) is 9.18 Å². The molecule has 1 aromatic carbocycles. The molecule has 0 spiro atoms. The Kier molecular flexibility index (Phi) is 4.95. The number of halogens is 1. The molecule has 0 aliphatic carbocycles. The first kappa shape index (κ1) is 14.8. The summed E-state index contributed by atoms with van der Waals surface area (Å²) < 4.78 is 23.3. The smallest absolute Gasteiger partial charge is 0.308 e. The fourth-order valence-electron chi connectivity index (χ4n) is 2.56. The maximum absolute atomic E-state index is 13.6.